The van der Waals surface area contributed by atoms with E-state index in [4.69, 9.17) is 4.74 Å². The predicted molar refractivity (Wildman–Crippen MR) is 134 cm³/mol. The van der Waals surface area contributed by atoms with Gasteiger partial charge in [0, 0.05) is 25.7 Å². The van der Waals surface area contributed by atoms with Gasteiger partial charge in [-0.25, -0.2) is 9.18 Å². The molecule has 2 atom stereocenters. The second-order valence-corrected chi connectivity index (χ2v) is 10.5. The first-order chi connectivity index (χ1) is 17.4. The Bertz CT molecular complexity index is 1040. The van der Waals surface area contributed by atoms with Gasteiger partial charge in [-0.05, 0) is 47.6 Å². The summed E-state index contributed by atoms with van der Waals surface area (Å²) in [5.74, 6) is -0.699. The minimum absolute atomic E-state index is 0.174. The lowest BCUT2D eigenvalue weighted by Crippen LogP contribution is -2.60. The van der Waals surface area contributed by atoms with Crippen molar-refractivity contribution in [3.05, 3.63) is 65.5 Å². The van der Waals surface area contributed by atoms with Crippen molar-refractivity contribution in [2.45, 2.75) is 65.4 Å². The lowest BCUT2D eigenvalue weighted by Gasteiger charge is -2.48. The van der Waals surface area contributed by atoms with E-state index in [2.05, 4.69) is 9.64 Å². The zero-order valence-corrected chi connectivity index (χ0v) is 21.9. The molecule has 0 aromatic heterocycles. The fourth-order valence-corrected chi connectivity index (χ4v) is 4.71. The number of ether oxygens (including phenoxy) is 2. The molecule has 0 N–H and O–H groups in total. The Hall–Kier alpha value is -2.81. The predicted octanol–water partition coefficient (Wildman–Crippen LogP) is 6.98. The van der Waals surface area contributed by atoms with Crippen LogP contribution in [0.4, 0.5) is 22.4 Å². The highest BCUT2D eigenvalue weighted by atomic mass is 19.4. The maximum Gasteiger partial charge on any atom is 0.573 e. The van der Waals surface area contributed by atoms with E-state index in [1.54, 1.807) is 29.2 Å². The van der Waals surface area contributed by atoms with Gasteiger partial charge in [0.25, 0.3) is 0 Å². The molecule has 1 heterocycles. The van der Waals surface area contributed by atoms with Gasteiger partial charge in [0.2, 0.25) is 0 Å². The summed E-state index contributed by atoms with van der Waals surface area (Å²) in [5.41, 5.74) is 0.711. The van der Waals surface area contributed by atoms with Crippen molar-refractivity contribution in [3.8, 4) is 5.75 Å². The normalized spacial score (nSPS) is 17.9. The SMILES string of the molecule is CCCCOC(=O)N1CCN(C(Cc2ccccc2OC(F)(F)F)c2cccc(F)c2)CC1C(C)(C)C. The second-order valence-electron chi connectivity index (χ2n) is 10.5. The van der Waals surface area contributed by atoms with Crippen molar-refractivity contribution in [1.82, 2.24) is 9.80 Å². The van der Waals surface area contributed by atoms with E-state index < -0.39 is 18.2 Å². The maximum absolute atomic E-state index is 14.3. The van der Waals surface area contributed by atoms with Gasteiger partial charge >= 0.3 is 12.5 Å². The van der Waals surface area contributed by atoms with E-state index >= 15 is 0 Å². The largest absolute Gasteiger partial charge is 0.573 e. The highest BCUT2D eigenvalue weighted by molar-refractivity contribution is 5.68. The lowest BCUT2D eigenvalue weighted by atomic mass is 9.83. The van der Waals surface area contributed by atoms with Gasteiger partial charge in [-0.15, -0.1) is 13.2 Å². The van der Waals surface area contributed by atoms with E-state index in [0.717, 1.165) is 12.8 Å². The maximum atomic E-state index is 14.3. The third-order valence-electron chi connectivity index (χ3n) is 6.66. The molecule has 5 nitrogen and oxygen atoms in total. The van der Waals surface area contributed by atoms with Crippen LogP contribution in [-0.4, -0.2) is 54.5 Å². The summed E-state index contributed by atoms with van der Waals surface area (Å²) in [6.45, 7) is 9.79. The van der Waals surface area contributed by atoms with Crippen LogP contribution < -0.4 is 4.74 Å². The number of piperazine rings is 1. The van der Waals surface area contributed by atoms with Crippen LogP contribution in [0.25, 0.3) is 0 Å². The van der Waals surface area contributed by atoms with Crippen LogP contribution in [-0.2, 0) is 11.2 Å². The summed E-state index contributed by atoms with van der Waals surface area (Å²) in [4.78, 5) is 16.8. The highest BCUT2D eigenvalue weighted by Gasteiger charge is 2.41. The van der Waals surface area contributed by atoms with E-state index in [0.29, 0.717) is 37.4 Å². The number of alkyl halides is 3. The van der Waals surface area contributed by atoms with Crippen molar-refractivity contribution in [2.75, 3.05) is 26.2 Å². The summed E-state index contributed by atoms with van der Waals surface area (Å²) >= 11 is 0. The number of amides is 1. The summed E-state index contributed by atoms with van der Waals surface area (Å²) in [6.07, 6.45) is -3.32. The molecular formula is C28H36F4N2O3. The molecule has 2 aromatic rings. The Morgan fingerprint density at radius 2 is 1.81 bits per heavy atom. The van der Waals surface area contributed by atoms with Crippen molar-refractivity contribution in [1.29, 1.82) is 0 Å². The fourth-order valence-electron chi connectivity index (χ4n) is 4.71. The van der Waals surface area contributed by atoms with Gasteiger partial charge in [0.05, 0.1) is 12.6 Å². The van der Waals surface area contributed by atoms with Crippen LogP contribution in [0.3, 0.4) is 0 Å². The second kappa shape index (κ2) is 12.2. The Morgan fingerprint density at radius 1 is 1.08 bits per heavy atom. The smallest absolute Gasteiger partial charge is 0.449 e. The Kier molecular flexibility index (Phi) is 9.45. The minimum Gasteiger partial charge on any atom is -0.449 e. The number of rotatable bonds is 8. The topological polar surface area (TPSA) is 42.0 Å². The Labute approximate surface area is 216 Å². The van der Waals surface area contributed by atoms with Crippen molar-refractivity contribution >= 4 is 6.09 Å². The minimum atomic E-state index is -4.83. The monoisotopic (exact) mass is 524 g/mol. The molecule has 2 unspecified atom stereocenters. The molecule has 1 fully saturated rings. The number of carbonyl (C=O) groups is 1. The summed E-state index contributed by atoms with van der Waals surface area (Å²) in [6, 6.07) is 11.5. The quantitative estimate of drug-likeness (QED) is 0.276. The number of hydrogen-bond acceptors (Lipinski definition) is 4. The number of hydrogen-bond donors (Lipinski definition) is 0. The zero-order valence-electron chi connectivity index (χ0n) is 21.9. The number of nitrogens with zero attached hydrogens (tertiary/aromatic N) is 2. The Morgan fingerprint density at radius 3 is 2.46 bits per heavy atom. The van der Waals surface area contributed by atoms with Crippen LogP contribution in [0.15, 0.2) is 48.5 Å². The zero-order chi connectivity index (χ0) is 27.2. The molecule has 1 amide bonds. The number of halogens is 4. The van der Waals surface area contributed by atoms with Crippen molar-refractivity contribution < 1.29 is 31.8 Å². The van der Waals surface area contributed by atoms with Crippen LogP contribution in [0.5, 0.6) is 5.75 Å². The van der Waals surface area contributed by atoms with Gasteiger partial charge < -0.3 is 14.4 Å². The summed E-state index contributed by atoms with van der Waals surface area (Å²) < 4.78 is 63.3. The van der Waals surface area contributed by atoms with Gasteiger partial charge in [-0.2, -0.15) is 0 Å². The van der Waals surface area contributed by atoms with Gasteiger partial charge in [-0.3, -0.25) is 4.90 Å². The number of para-hydroxylation sites is 1. The number of benzene rings is 2. The van der Waals surface area contributed by atoms with Gasteiger partial charge in [0.1, 0.15) is 11.6 Å². The van der Waals surface area contributed by atoms with Gasteiger partial charge in [-0.1, -0.05) is 64.4 Å². The molecule has 37 heavy (non-hydrogen) atoms. The molecule has 1 aliphatic rings. The third-order valence-corrected chi connectivity index (χ3v) is 6.66. The molecule has 0 saturated carbocycles. The molecule has 0 radical (unpaired) electrons. The molecule has 204 valence electrons. The summed E-state index contributed by atoms with van der Waals surface area (Å²) in [7, 11) is 0. The van der Waals surface area contributed by atoms with E-state index in [1.165, 1.54) is 24.3 Å². The van der Waals surface area contributed by atoms with Crippen molar-refractivity contribution in [2.24, 2.45) is 5.41 Å². The number of carbonyl (C=O) groups excluding carboxylic acids is 1. The molecule has 0 spiro atoms. The molecule has 3 rings (SSSR count). The van der Waals surface area contributed by atoms with Crippen LogP contribution in [0, 0.1) is 11.2 Å². The van der Waals surface area contributed by atoms with Crippen molar-refractivity contribution in [3.63, 3.8) is 0 Å². The molecule has 0 bridgehead atoms. The molecule has 9 heteroatoms. The Balaban J connectivity index is 1.92. The third kappa shape index (κ3) is 8.09. The molecule has 0 aliphatic carbocycles. The molecule has 1 saturated heterocycles. The average Bonchev–Trinajstić information content (AvgIpc) is 2.82. The van der Waals surface area contributed by atoms with E-state index in [1.807, 2.05) is 27.7 Å². The lowest BCUT2D eigenvalue weighted by molar-refractivity contribution is -0.274. The first kappa shape index (κ1) is 28.8. The average molecular weight is 525 g/mol. The molecular weight excluding hydrogens is 488 g/mol. The van der Waals surface area contributed by atoms with Crippen LogP contribution >= 0.6 is 0 Å². The first-order valence-corrected chi connectivity index (χ1v) is 12.7. The van der Waals surface area contributed by atoms with E-state index in [9.17, 15) is 22.4 Å². The summed E-state index contributed by atoms with van der Waals surface area (Å²) in [5, 5.41) is 0. The highest BCUT2D eigenvalue weighted by Crippen LogP contribution is 2.36. The standard InChI is InChI=1S/C28H36F4N2O3/c1-5-6-16-36-26(35)34-15-14-33(19-25(34)27(2,3)4)23(20-11-9-12-22(29)17-20)18-21-10-7-8-13-24(21)37-28(30,31)32/h7-13,17,23,25H,5-6,14-16,18-19H2,1-4H3. The van der Waals surface area contributed by atoms with E-state index in [-0.39, 0.29) is 29.7 Å². The van der Waals surface area contributed by atoms with Gasteiger partial charge in [0.15, 0.2) is 0 Å². The van der Waals surface area contributed by atoms with Crippen LogP contribution in [0.1, 0.15) is 57.7 Å². The fraction of sp³-hybridized carbons (Fsp3) is 0.536. The molecule has 1 aliphatic heterocycles. The first-order valence-electron chi connectivity index (χ1n) is 12.7. The number of unbranched alkanes of at least 4 members (excludes halogenated alkanes) is 1. The van der Waals surface area contributed by atoms with Crippen LogP contribution in [0.2, 0.25) is 0 Å². The molecule has 2 aromatic carbocycles.